The van der Waals surface area contributed by atoms with Crippen LogP contribution >= 0.6 is 11.6 Å². The lowest BCUT2D eigenvalue weighted by molar-refractivity contribution is -0.883. The maximum atomic E-state index is 12.3. The lowest BCUT2D eigenvalue weighted by Gasteiger charge is -2.30. The van der Waals surface area contributed by atoms with Gasteiger partial charge >= 0.3 is 5.97 Å². The lowest BCUT2D eigenvalue weighted by Crippen LogP contribution is -2.44. The minimum Gasteiger partial charge on any atom is -0.481 e. The molecule has 0 spiro atoms. The minimum absolute atomic E-state index is 0.174. The summed E-state index contributed by atoms with van der Waals surface area (Å²) in [7, 11) is 5.72. The van der Waals surface area contributed by atoms with Gasteiger partial charge in [-0.2, -0.15) is 0 Å². The highest BCUT2D eigenvalue weighted by Crippen LogP contribution is 2.21. The molecule has 0 aromatic heterocycles. The number of halogens is 1. The van der Waals surface area contributed by atoms with Gasteiger partial charge in [-0.25, -0.2) is 0 Å². The fourth-order valence-electron chi connectivity index (χ4n) is 3.02. The molecule has 0 saturated carbocycles. The standard InChI is InChI=1S/C21H40ClNO3/c1-5-6-7-8-9-10-11-12-13-14-15-16-19(24)18(21(25)26)17-20(22)23(2,3)4/h18,20H,5-17H2,1-4H3/p+1/t18-,20+/m0/s1. The van der Waals surface area contributed by atoms with Gasteiger partial charge in [0, 0.05) is 12.8 Å². The van der Waals surface area contributed by atoms with Crippen molar-refractivity contribution in [1.82, 2.24) is 0 Å². The Balaban J connectivity index is 3.86. The van der Waals surface area contributed by atoms with Crippen LogP contribution in [0.15, 0.2) is 0 Å². The quantitative estimate of drug-likeness (QED) is 0.115. The fourth-order valence-corrected chi connectivity index (χ4v) is 3.20. The summed E-state index contributed by atoms with van der Waals surface area (Å²) in [6, 6.07) is 0. The van der Waals surface area contributed by atoms with Crippen molar-refractivity contribution in [2.45, 2.75) is 95.9 Å². The normalized spacial score (nSPS) is 14.2. The van der Waals surface area contributed by atoms with Gasteiger partial charge in [0.1, 0.15) is 11.7 Å². The number of aliphatic carboxylic acids is 1. The molecule has 0 aliphatic carbocycles. The molecule has 0 aliphatic heterocycles. The van der Waals surface area contributed by atoms with Crippen molar-refractivity contribution in [2.24, 2.45) is 5.92 Å². The second-order valence-electron chi connectivity index (χ2n) is 8.43. The van der Waals surface area contributed by atoms with Crippen LogP contribution in [-0.2, 0) is 9.59 Å². The molecule has 0 aliphatic rings. The molecule has 0 amide bonds. The summed E-state index contributed by atoms with van der Waals surface area (Å²) >= 11 is 6.27. The Kier molecular flexibility index (Phi) is 14.1. The summed E-state index contributed by atoms with van der Waals surface area (Å²) in [4.78, 5) is 23.7. The summed E-state index contributed by atoms with van der Waals surface area (Å²) in [5.41, 5.74) is -0.377. The summed E-state index contributed by atoms with van der Waals surface area (Å²) in [5.74, 6) is -2.19. The van der Waals surface area contributed by atoms with E-state index in [1.165, 1.54) is 51.4 Å². The number of ketones is 1. The Morgan fingerprint density at radius 1 is 0.846 bits per heavy atom. The topological polar surface area (TPSA) is 54.4 Å². The molecule has 0 saturated heterocycles. The highest BCUT2D eigenvalue weighted by Gasteiger charge is 2.33. The second kappa shape index (κ2) is 14.4. The van der Waals surface area contributed by atoms with E-state index >= 15 is 0 Å². The largest absolute Gasteiger partial charge is 0.481 e. The maximum absolute atomic E-state index is 12.3. The zero-order chi connectivity index (χ0) is 20.0. The number of carbonyl (C=O) groups is 2. The van der Waals surface area contributed by atoms with Gasteiger partial charge in [0.25, 0.3) is 0 Å². The Hall–Kier alpha value is -0.610. The zero-order valence-corrected chi connectivity index (χ0v) is 18.2. The summed E-state index contributed by atoms with van der Waals surface area (Å²) in [6.07, 6.45) is 14.0. The molecule has 0 unspecified atom stereocenters. The Morgan fingerprint density at radius 2 is 1.27 bits per heavy atom. The van der Waals surface area contributed by atoms with E-state index < -0.39 is 11.9 Å². The maximum Gasteiger partial charge on any atom is 0.314 e. The van der Waals surface area contributed by atoms with E-state index in [4.69, 9.17) is 11.6 Å². The predicted octanol–water partition coefficient (Wildman–Crippen LogP) is 5.62. The van der Waals surface area contributed by atoms with E-state index in [2.05, 4.69) is 6.92 Å². The zero-order valence-electron chi connectivity index (χ0n) is 17.4. The molecule has 0 aromatic carbocycles. The molecule has 0 bridgehead atoms. The van der Waals surface area contributed by atoms with Gasteiger partial charge in [-0.15, -0.1) is 0 Å². The fraction of sp³-hybridized carbons (Fsp3) is 0.905. The number of quaternary nitrogens is 1. The van der Waals surface area contributed by atoms with Crippen molar-refractivity contribution >= 4 is 23.4 Å². The van der Waals surface area contributed by atoms with E-state index in [9.17, 15) is 14.7 Å². The number of unbranched alkanes of at least 4 members (excludes halogenated alkanes) is 10. The molecule has 2 atom stereocenters. The van der Waals surface area contributed by atoms with E-state index in [0.29, 0.717) is 10.9 Å². The number of hydrogen-bond acceptors (Lipinski definition) is 2. The molecule has 0 heterocycles. The first-order valence-electron chi connectivity index (χ1n) is 10.4. The number of nitrogens with zero attached hydrogens (tertiary/aromatic N) is 1. The molecule has 0 rings (SSSR count). The third-order valence-electron chi connectivity index (χ3n) is 4.98. The second-order valence-corrected chi connectivity index (χ2v) is 8.93. The number of Topliss-reactive ketones (excluding diaryl/α,β-unsaturated/α-hetero) is 1. The molecule has 0 aromatic rings. The van der Waals surface area contributed by atoms with Gasteiger partial charge in [-0.3, -0.25) is 9.59 Å². The first kappa shape index (κ1) is 25.4. The van der Waals surface area contributed by atoms with E-state index in [0.717, 1.165) is 19.3 Å². The molecular formula is C21H41ClNO3+. The number of rotatable bonds is 17. The molecule has 154 valence electrons. The molecule has 4 nitrogen and oxygen atoms in total. The summed E-state index contributed by atoms with van der Waals surface area (Å²) < 4.78 is 0.442. The minimum atomic E-state index is -1.04. The number of alkyl halides is 1. The highest BCUT2D eigenvalue weighted by atomic mass is 35.5. The Labute approximate surface area is 165 Å². The summed E-state index contributed by atoms with van der Waals surface area (Å²) in [5, 5.41) is 9.35. The smallest absolute Gasteiger partial charge is 0.314 e. The van der Waals surface area contributed by atoms with Gasteiger partial charge in [-0.1, -0.05) is 82.7 Å². The van der Waals surface area contributed by atoms with Crippen LogP contribution in [-0.4, -0.2) is 48.0 Å². The van der Waals surface area contributed by atoms with Crippen LogP contribution in [0.5, 0.6) is 0 Å². The van der Waals surface area contributed by atoms with Crippen LogP contribution in [0.3, 0.4) is 0 Å². The van der Waals surface area contributed by atoms with Crippen LogP contribution in [0, 0.1) is 5.92 Å². The van der Waals surface area contributed by atoms with Gasteiger partial charge in [0.05, 0.1) is 21.1 Å². The first-order valence-corrected chi connectivity index (χ1v) is 10.8. The van der Waals surface area contributed by atoms with E-state index in [1.54, 1.807) is 0 Å². The Morgan fingerprint density at radius 3 is 1.65 bits per heavy atom. The van der Waals surface area contributed by atoms with E-state index in [-0.39, 0.29) is 17.7 Å². The van der Waals surface area contributed by atoms with Gasteiger partial charge in [-0.05, 0) is 6.42 Å². The molecule has 1 N–H and O–H groups in total. The number of carboxylic acid groups (broad SMARTS) is 1. The van der Waals surface area contributed by atoms with Crippen LogP contribution in [0.25, 0.3) is 0 Å². The third-order valence-corrected chi connectivity index (χ3v) is 5.75. The molecular weight excluding hydrogens is 350 g/mol. The van der Waals surface area contributed by atoms with Crippen molar-refractivity contribution in [1.29, 1.82) is 0 Å². The Bertz CT molecular complexity index is 393. The van der Waals surface area contributed by atoms with Gasteiger partial charge < -0.3 is 9.59 Å². The first-order chi connectivity index (χ1) is 12.2. The van der Waals surface area contributed by atoms with Crippen LogP contribution in [0.4, 0.5) is 0 Å². The number of hydrogen-bond donors (Lipinski definition) is 1. The lowest BCUT2D eigenvalue weighted by atomic mass is 9.95. The molecule has 0 fully saturated rings. The van der Waals surface area contributed by atoms with Crippen molar-refractivity contribution in [3.63, 3.8) is 0 Å². The predicted molar refractivity (Wildman–Crippen MR) is 110 cm³/mol. The summed E-state index contributed by atoms with van der Waals surface area (Å²) in [6.45, 7) is 2.24. The number of carbonyl (C=O) groups excluding carboxylic acids is 1. The van der Waals surface area contributed by atoms with Crippen molar-refractivity contribution < 1.29 is 19.2 Å². The van der Waals surface area contributed by atoms with Crippen LogP contribution in [0.2, 0.25) is 0 Å². The monoisotopic (exact) mass is 390 g/mol. The van der Waals surface area contributed by atoms with E-state index in [1.807, 2.05) is 21.1 Å². The average molecular weight is 391 g/mol. The number of carboxylic acids is 1. The highest BCUT2D eigenvalue weighted by molar-refractivity contribution is 6.20. The van der Waals surface area contributed by atoms with Crippen molar-refractivity contribution in [2.75, 3.05) is 21.1 Å². The molecule has 0 radical (unpaired) electrons. The van der Waals surface area contributed by atoms with Gasteiger partial charge in [0.15, 0.2) is 5.50 Å². The third kappa shape index (κ3) is 12.7. The SMILES string of the molecule is CCCCCCCCCCCCCC(=O)[C@H](C[C@H](Cl)[N+](C)(C)C)C(=O)O. The average Bonchev–Trinajstić information content (AvgIpc) is 2.55. The van der Waals surface area contributed by atoms with Crippen molar-refractivity contribution in [3.8, 4) is 0 Å². The van der Waals surface area contributed by atoms with Gasteiger partial charge in [0.2, 0.25) is 0 Å². The van der Waals surface area contributed by atoms with Crippen LogP contribution < -0.4 is 0 Å². The van der Waals surface area contributed by atoms with Crippen molar-refractivity contribution in [3.05, 3.63) is 0 Å². The van der Waals surface area contributed by atoms with Crippen LogP contribution in [0.1, 0.15) is 90.4 Å². The molecule has 26 heavy (non-hydrogen) atoms. The molecule has 5 heteroatoms.